The molecule has 0 saturated carbocycles. The van der Waals surface area contributed by atoms with E-state index >= 15 is 0 Å². The Kier molecular flexibility index (Phi) is 42.9. The Morgan fingerprint density at radius 3 is 0.863 bits per heavy atom. The van der Waals surface area contributed by atoms with Crippen LogP contribution in [0.5, 0.6) is 0 Å². The Bertz CT molecular complexity index is 3040. The van der Waals surface area contributed by atoms with E-state index in [1.807, 2.05) is 0 Å². The topological polar surface area (TPSA) is 579 Å². The minimum Gasteiger partial charge on any atom is -0.480 e. The number of carboxylic acid groups (broad SMARTS) is 4. The molecule has 4 atom stereocenters. The summed E-state index contributed by atoms with van der Waals surface area (Å²) in [6.07, 6.45) is -0.862. The lowest BCUT2D eigenvalue weighted by atomic mass is 10.1. The number of anilines is 2. The predicted molar refractivity (Wildman–Crippen MR) is 363 cm³/mol. The van der Waals surface area contributed by atoms with Gasteiger partial charge in [0, 0.05) is 125 Å². The molecule has 42 heteroatoms. The summed E-state index contributed by atoms with van der Waals surface area (Å²) in [5, 5.41) is 85.2. The van der Waals surface area contributed by atoms with Crippen molar-refractivity contribution in [2.75, 3.05) is 74.0 Å². The van der Waals surface area contributed by atoms with Crippen LogP contribution in [0.25, 0.3) is 0 Å². The Morgan fingerprint density at radius 2 is 0.588 bits per heavy atom. The van der Waals surface area contributed by atoms with E-state index in [2.05, 4.69) is 63.8 Å². The first-order chi connectivity index (χ1) is 48.3. The Labute approximate surface area is 601 Å². The van der Waals surface area contributed by atoms with Gasteiger partial charge in [-0.05, 0) is 74.2 Å². The van der Waals surface area contributed by atoms with E-state index < -0.39 is 168 Å². The van der Waals surface area contributed by atoms with Gasteiger partial charge in [0.15, 0.2) is 0 Å². The highest BCUT2D eigenvalue weighted by Crippen LogP contribution is 2.23. The van der Waals surface area contributed by atoms with Crippen LogP contribution in [0.1, 0.15) is 103 Å². The van der Waals surface area contributed by atoms with Gasteiger partial charge in [0.1, 0.15) is 37.3 Å². The fourth-order valence-electron chi connectivity index (χ4n) is 8.22. The van der Waals surface area contributed by atoms with Gasteiger partial charge in [-0.3, -0.25) is 87.1 Å². The van der Waals surface area contributed by atoms with Crippen LogP contribution in [-0.2, 0) is 76.7 Å². The molecule has 0 bridgehead atoms. The molecule has 0 aliphatic rings. The lowest BCUT2D eigenvalue weighted by molar-refractivity contribution is -0.142. The number of thioether (sulfide) groups is 2. The first-order valence-electron chi connectivity index (χ1n) is 31.4. The third-order valence-electron chi connectivity index (χ3n) is 13.6. The number of hydrogen-bond donors (Lipinski definition) is 18. The lowest BCUT2D eigenvalue weighted by Crippen LogP contribution is -2.50. The summed E-state index contributed by atoms with van der Waals surface area (Å²) in [5.74, 6) is -15.0. The summed E-state index contributed by atoms with van der Waals surface area (Å²) < 4.78 is 0. The Morgan fingerprint density at radius 1 is 0.333 bits per heavy atom. The van der Waals surface area contributed by atoms with Crippen LogP contribution in [0.15, 0.2) is 48.5 Å². The molecular weight excluding hydrogens is 1440 g/mol. The van der Waals surface area contributed by atoms with Gasteiger partial charge < -0.3 is 84.2 Å². The molecule has 0 fully saturated rings. The first-order valence-corrected chi connectivity index (χ1v) is 34.1. The van der Waals surface area contributed by atoms with Gasteiger partial charge in [-0.25, -0.2) is 9.59 Å². The SMILES string of the molecule is O=C(O)CNC(=O)[C@H](CSC(=O)N(O)c1ccc(Cl)cc1)NC(=O)CC[C@H](NC(=O)CCNC(=O)CCNC(=O)CCNC(=O)CCCCCCC(=O)NCCC(=O)NCCC(=O)NCCC(=O)N[C@@H](CCC(=O)N[C@@H](CSC(=O)N(O)c1ccc(Cl)cc1)C(=O)NCC(=O)O)C(=O)O)C(=O)O. The average Bonchev–Trinajstić information content (AvgIpc) is 0.876. The van der Waals surface area contributed by atoms with Crippen molar-refractivity contribution in [2.24, 2.45) is 0 Å². The van der Waals surface area contributed by atoms with Crippen molar-refractivity contribution in [3.05, 3.63) is 58.6 Å². The summed E-state index contributed by atoms with van der Waals surface area (Å²) in [6.45, 7) is -2.29. The van der Waals surface area contributed by atoms with Gasteiger partial charge in [-0.15, -0.1) is 0 Å². The molecule has 102 heavy (non-hydrogen) atoms. The van der Waals surface area contributed by atoms with E-state index in [0.29, 0.717) is 59.3 Å². The first kappa shape index (κ1) is 88.2. The van der Waals surface area contributed by atoms with Crippen molar-refractivity contribution in [3.63, 3.8) is 0 Å². The van der Waals surface area contributed by atoms with E-state index in [9.17, 15) is 107 Å². The van der Waals surface area contributed by atoms with Crippen LogP contribution >= 0.6 is 46.7 Å². The van der Waals surface area contributed by atoms with Gasteiger partial charge in [0.2, 0.25) is 70.9 Å². The van der Waals surface area contributed by atoms with Crippen molar-refractivity contribution in [1.82, 2.24) is 63.8 Å². The number of halogens is 2. The lowest BCUT2D eigenvalue weighted by Gasteiger charge is -2.20. The van der Waals surface area contributed by atoms with E-state index in [0.717, 1.165) is 0 Å². The highest BCUT2D eigenvalue weighted by Gasteiger charge is 2.29. The van der Waals surface area contributed by atoms with Gasteiger partial charge in [0.25, 0.3) is 0 Å². The van der Waals surface area contributed by atoms with Crippen LogP contribution in [0.3, 0.4) is 0 Å². The number of hydrogen-bond acceptors (Lipinski definition) is 22. The van der Waals surface area contributed by atoms with Gasteiger partial charge in [-0.1, -0.05) is 59.6 Å². The molecule has 0 heterocycles. The molecule has 0 aliphatic carbocycles. The number of hydroxylamine groups is 2. The molecule has 14 amide bonds. The van der Waals surface area contributed by atoms with Crippen LogP contribution in [0.2, 0.25) is 10.0 Å². The largest absolute Gasteiger partial charge is 0.480 e. The summed E-state index contributed by atoms with van der Waals surface area (Å²) >= 11 is 12.4. The minimum atomic E-state index is -1.60. The molecule has 38 nitrogen and oxygen atoms in total. The molecule has 0 unspecified atom stereocenters. The van der Waals surface area contributed by atoms with Crippen molar-refractivity contribution in [2.45, 2.75) is 127 Å². The third-order valence-corrected chi connectivity index (χ3v) is 15.9. The maximum absolute atomic E-state index is 12.8. The Balaban J connectivity index is 1.54. The molecule has 2 aromatic rings. The molecule has 2 aromatic carbocycles. The van der Waals surface area contributed by atoms with E-state index in [4.69, 9.17) is 33.4 Å². The average molecular weight is 1520 g/mol. The molecule has 2 rings (SSSR count). The van der Waals surface area contributed by atoms with Crippen molar-refractivity contribution in [1.29, 1.82) is 0 Å². The van der Waals surface area contributed by atoms with Crippen LogP contribution < -0.4 is 73.9 Å². The summed E-state index contributed by atoms with van der Waals surface area (Å²) in [6, 6.07) is 4.65. The van der Waals surface area contributed by atoms with Crippen LogP contribution in [0.4, 0.5) is 21.0 Å². The number of amides is 14. The van der Waals surface area contributed by atoms with E-state index in [1.165, 1.54) is 48.5 Å². The molecule has 0 radical (unpaired) electrons. The van der Waals surface area contributed by atoms with Crippen molar-refractivity contribution < 1.29 is 117 Å². The maximum atomic E-state index is 12.8. The van der Waals surface area contributed by atoms with Gasteiger partial charge >= 0.3 is 34.4 Å². The number of aliphatic carboxylic acids is 4. The van der Waals surface area contributed by atoms with Gasteiger partial charge in [-0.2, -0.15) is 10.1 Å². The standard InChI is InChI=1S/C60H82Cl2N14O24S2/c61-35-7-11-37(12-8-35)75(99)59(97)101-33-41(55(91)69-31-53(87)88)73-49(83)17-15-39(57(93)94)71-51(85)23-29-67-47(81)21-27-65-45(79)19-25-63-43(77)5-3-1-2-4-6-44(78)64-26-20-46(80)66-28-22-48(82)68-30-24-52(86)72-40(58(95)96)16-18-50(84)74-42(56(92)70-32-54(89)90)34-102-60(98)76(100)38-13-9-36(62)10-14-38/h7-14,39-42,99-100H,1-6,15-34H2,(H,63,77)(H,64,78)(H,65,79)(H,66,80)(H,67,81)(H,68,82)(H,69,91)(H,70,92)(H,71,85)(H,72,86)(H,73,83)(H,74,84)(H,87,88)(H,89,90)(H,93,94)(H,95,96)/t39-,40-,41-,42-/m0/s1. The number of carboxylic acids is 4. The minimum absolute atomic E-state index is 0.0103. The fourth-order valence-corrected chi connectivity index (χ4v) is 10.0. The van der Waals surface area contributed by atoms with Crippen LogP contribution in [-0.4, -0.2) is 224 Å². The van der Waals surface area contributed by atoms with Gasteiger partial charge in [0.05, 0.1) is 11.4 Å². The smallest absolute Gasteiger partial charge is 0.326 e. The quantitative estimate of drug-likeness (QED) is 0.0220. The summed E-state index contributed by atoms with van der Waals surface area (Å²) in [4.78, 5) is 221. The predicted octanol–water partition coefficient (Wildman–Crippen LogP) is -0.760. The molecule has 0 saturated heterocycles. The third kappa shape index (κ3) is 40.4. The second-order valence-electron chi connectivity index (χ2n) is 21.7. The van der Waals surface area contributed by atoms with E-state index in [-0.39, 0.29) is 124 Å². The fraction of sp³-hybridized carbons (Fsp3) is 0.500. The normalized spacial score (nSPS) is 11.8. The zero-order chi connectivity index (χ0) is 76.1. The zero-order valence-electron chi connectivity index (χ0n) is 54.8. The van der Waals surface area contributed by atoms with E-state index in [1.54, 1.807) is 0 Å². The number of benzene rings is 2. The molecule has 0 spiro atoms. The second-order valence-corrected chi connectivity index (χ2v) is 24.5. The summed E-state index contributed by atoms with van der Waals surface area (Å²) in [5.41, 5.74) is 0.0502. The molecule has 0 aliphatic heterocycles. The highest BCUT2D eigenvalue weighted by molar-refractivity contribution is 8.14. The van der Waals surface area contributed by atoms with Crippen LogP contribution in [0, 0.1) is 0 Å². The highest BCUT2D eigenvalue weighted by atomic mass is 35.5. The number of nitrogens with one attached hydrogen (secondary N) is 12. The van der Waals surface area contributed by atoms with Crippen molar-refractivity contribution >= 4 is 163 Å². The summed E-state index contributed by atoms with van der Waals surface area (Å²) in [7, 11) is 0. The molecular formula is C60H82Cl2N14O24S2. The Hall–Kier alpha value is -9.90. The molecule has 18 N–H and O–H groups in total. The van der Waals surface area contributed by atoms with Crippen molar-refractivity contribution in [3.8, 4) is 0 Å². The number of unbranched alkanes of at least 4 members (excludes halogenated alkanes) is 3. The second kappa shape index (κ2) is 49.6. The maximum Gasteiger partial charge on any atom is 0.326 e. The number of rotatable bonds is 49. The molecule has 0 aromatic heterocycles. The number of carbonyl (C=O) groups excluding carboxylic acids is 14. The number of nitrogens with zero attached hydrogens (tertiary/aromatic N) is 2. The number of carbonyl (C=O) groups is 18. The molecule has 562 valence electrons. The monoisotopic (exact) mass is 1520 g/mol. The zero-order valence-corrected chi connectivity index (χ0v) is 58.0.